The van der Waals surface area contributed by atoms with Crippen LogP contribution >= 0.6 is 0 Å². The number of nitrogens with one attached hydrogen (secondary N) is 2. The predicted molar refractivity (Wildman–Crippen MR) is 98.1 cm³/mol. The molecule has 7 nitrogen and oxygen atoms in total. The van der Waals surface area contributed by atoms with Crippen LogP contribution in [0.3, 0.4) is 0 Å². The van der Waals surface area contributed by atoms with E-state index in [1.165, 1.54) is 12.1 Å². The van der Waals surface area contributed by atoms with Gasteiger partial charge in [-0.1, -0.05) is 17.3 Å². The zero-order valence-corrected chi connectivity index (χ0v) is 15.3. The second-order valence-corrected chi connectivity index (χ2v) is 6.00. The first-order valence-electron chi connectivity index (χ1n) is 8.45. The number of aromatic nitrogens is 1. The van der Waals surface area contributed by atoms with E-state index in [1.807, 2.05) is 0 Å². The third kappa shape index (κ3) is 4.35. The lowest BCUT2D eigenvalue weighted by Gasteiger charge is -2.12. The summed E-state index contributed by atoms with van der Waals surface area (Å²) < 4.78 is 23.8. The zero-order chi connectivity index (χ0) is 20.1. The number of nitrogens with zero attached hydrogens (tertiary/aromatic N) is 1. The van der Waals surface area contributed by atoms with Gasteiger partial charge in [-0.3, -0.25) is 20.4 Å². The van der Waals surface area contributed by atoms with Crippen LogP contribution < -0.4 is 15.6 Å². The number of rotatable bonds is 5. The SMILES string of the molecule is Cc1noc(C)c1COc1ccccc1C(=O)NNC(=O)c1ccc(F)cc1. The fraction of sp³-hybridized carbons (Fsp3) is 0.150. The quantitative estimate of drug-likeness (QED) is 0.661. The van der Waals surface area contributed by atoms with Crippen LogP contribution in [0.1, 0.15) is 37.7 Å². The van der Waals surface area contributed by atoms with E-state index in [0.717, 1.165) is 17.7 Å². The number of hydrazine groups is 1. The summed E-state index contributed by atoms with van der Waals surface area (Å²) in [7, 11) is 0. The smallest absolute Gasteiger partial charge is 0.273 e. The molecule has 8 heteroatoms. The van der Waals surface area contributed by atoms with Crippen LogP contribution in [0.4, 0.5) is 4.39 Å². The maximum absolute atomic E-state index is 12.9. The van der Waals surface area contributed by atoms with E-state index in [1.54, 1.807) is 38.1 Å². The number of hydrogen-bond acceptors (Lipinski definition) is 5. The highest BCUT2D eigenvalue weighted by Gasteiger charge is 2.16. The van der Waals surface area contributed by atoms with Gasteiger partial charge in [-0.2, -0.15) is 0 Å². The highest BCUT2D eigenvalue weighted by molar-refractivity contribution is 6.00. The Morgan fingerprint density at radius 2 is 1.71 bits per heavy atom. The van der Waals surface area contributed by atoms with Crippen molar-refractivity contribution in [2.75, 3.05) is 0 Å². The molecule has 0 saturated heterocycles. The fourth-order valence-corrected chi connectivity index (χ4v) is 2.49. The molecular formula is C20H18FN3O4. The molecule has 1 aromatic heterocycles. The van der Waals surface area contributed by atoms with E-state index in [2.05, 4.69) is 16.0 Å². The Bertz CT molecular complexity index is 979. The minimum atomic E-state index is -0.567. The number of halogens is 1. The third-order valence-corrected chi connectivity index (χ3v) is 4.08. The van der Waals surface area contributed by atoms with Gasteiger partial charge in [0.2, 0.25) is 0 Å². The summed E-state index contributed by atoms with van der Waals surface area (Å²) in [5.41, 5.74) is 6.59. The van der Waals surface area contributed by atoms with Crippen LogP contribution in [0.2, 0.25) is 0 Å². The van der Waals surface area contributed by atoms with Gasteiger partial charge in [-0.05, 0) is 50.2 Å². The number of amides is 2. The van der Waals surface area contributed by atoms with Gasteiger partial charge in [0.15, 0.2) is 0 Å². The standard InChI is InChI=1S/C20H18FN3O4/c1-12-17(13(2)28-24-12)11-27-18-6-4-3-5-16(18)20(26)23-22-19(25)14-7-9-15(21)10-8-14/h3-10H,11H2,1-2H3,(H,22,25)(H,23,26). The van der Waals surface area contributed by atoms with Crippen LogP contribution in [-0.4, -0.2) is 17.0 Å². The lowest BCUT2D eigenvalue weighted by atomic mass is 10.2. The Kier molecular flexibility index (Phi) is 5.69. The minimum absolute atomic E-state index is 0.188. The molecule has 3 aromatic rings. The van der Waals surface area contributed by atoms with Gasteiger partial charge in [0.05, 0.1) is 16.8 Å². The molecule has 2 N–H and O–H groups in total. The van der Waals surface area contributed by atoms with Gasteiger partial charge in [0.25, 0.3) is 11.8 Å². The monoisotopic (exact) mass is 383 g/mol. The highest BCUT2D eigenvalue weighted by Crippen LogP contribution is 2.21. The number of carbonyl (C=O) groups is 2. The number of benzene rings is 2. The second kappa shape index (κ2) is 8.34. The number of carbonyl (C=O) groups excluding carboxylic acids is 2. The Morgan fingerprint density at radius 1 is 1.04 bits per heavy atom. The molecule has 2 aromatic carbocycles. The fourth-order valence-electron chi connectivity index (χ4n) is 2.49. The zero-order valence-electron chi connectivity index (χ0n) is 15.3. The highest BCUT2D eigenvalue weighted by atomic mass is 19.1. The maximum Gasteiger partial charge on any atom is 0.273 e. The van der Waals surface area contributed by atoms with E-state index in [9.17, 15) is 14.0 Å². The number of hydrogen-bond donors (Lipinski definition) is 2. The summed E-state index contributed by atoms with van der Waals surface area (Å²) >= 11 is 0. The number of ether oxygens (including phenoxy) is 1. The predicted octanol–water partition coefficient (Wildman–Crippen LogP) is 3.08. The Balaban J connectivity index is 1.65. The van der Waals surface area contributed by atoms with Crippen LogP contribution in [0.5, 0.6) is 5.75 Å². The summed E-state index contributed by atoms with van der Waals surface area (Å²) in [4.78, 5) is 24.5. The van der Waals surface area contributed by atoms with Gasteiger partial charge < -0.3 is 9.26 Å². The van der Waals surface area contributed by atoms with Gasteiger partial charge in [0.1, 0.15) is 23.9 Å². The Labute approximate surface area is 160 Å². The van der Waals surface area contributed by atoms with E-state index in [-0.39, 0.29) is 17.7 Å². The maximum atomic E-state index is 12.9. The largest absolute Gasteiger partial charge is 0.488 e. The van der Waals surface area contributed by atoms with E-state index in [0.29, 0.717) is 17.2 Å². The molecule has 28 heavy (non-hydrogen) atoms. The number of para-hydroxylation sites is 1. The van der Waals surface area contributed by atoms with Crippen molar-refractivity contribution in [1.29, 1.82) is 0 Å². The average Bonchev–Trinajstić information content (AvgIpc) is 3.02. The molecule has 0 aliphatic carbocycles. The first-order chi connectivity index (χ1) is 13.5. The summed E-state index contributed by atoms with van der Waals surface area (Å²) in [5.74, 6) is -0.584. The molecule has 0 spiro atoms. The van der Waals surface area contributed by atoms with Gasteiger partial charge in [-0.15, -0.1) is 0 Å². The van der Waals surface area contributed by atoms with Crippen LogP contribution in [-0.2, 0) is 6.61 Å². The van der Waals surface area contributed by atoms with Crippen LogP contribution in [0.25, 0.3) is 0 Å². The topological polar surface area (TPSA) is 93.5 Å². The van der Waals surface area contributed by atoms with Crippen molar-refractivity contribution in [3.05, 3.63) is 82.5 Å². The molecule has 0 aliphatic rings. The van der Waals surface area contributed by atoms with Crippen LogP contribution in [0, 0.1) is 19.7 Å². The van der Waals surface area contributed by atoms with Crippen molar-refractivity contribution in [3.8, 4) is 5.75 Å². The average molecular weight is 383 g/mol. The van der Waals surface area contributed by atoms with Gasteiger partial charge >= 0.3 is 0 Å². The van der Waals surface area contributed by atoms with Crippen molar-refractivity contribution < 1.29 is 23.2 Å². The summed E-state index contributed by atoms with van der Waals surface area (Å²) in [6.07, 6.45) is 0. The van der Waals surface area contributed by atoms with Gasteiger partial charge in [-0.25, -0.2) is 4.39 Å². The molecule has 0 unspecified atom stereocenters. The minimum Gasteiger partial charge on any atom is -0.488 e. The molecule has 2 amide bonds. The molecule has 0 radical (unpaired) electrons. The van der Waals surface area contributed by atoms with Crippen LogP contribution in [0.15, 0.2) is 53.1 Å². The Hall–Kier alpha value is -3.68. The molecule has 0 fully saturated rings. The van der Waals surface area contributed by atoms with E-state index < -0.39 is 17.6 Å². The summed E-state index contributed by atoms with van der Waals surface area (Å²) in [6.45, 7) is 3.77. The molecule has 0 atom stereocenters. The van der Waals surface area contributed by atoms with E-state index in [4.69, 9.17) is 9.26 Å². The number of aryl methyl sites for hydroxylation is 2. The first kappa shape index (κ1) is 19.1. The lowest BCUT2D eigenvalue weighted by molar-refractivity contribution is 0.0844. The summed E-state index contributed by atoms with van der Waals surface area (Å²) in [5, 5.41) is 3.86. The molecule has 144 valence electrons. The molecule has 0 aliphatic heterocycles. The van der Waals surface area contributed by atoms with Gasteiger partial charge in [0, 0.05) is 5.56 Å². The molecular weight excluding hydrogens is 365 g/mol. The molecule has 0 saturated carbocycles. The summed E-state index contributed by atoms with van der Waals surface area (Å²) in [6, 6.07) is 11.6. The lowest BCUT2D eigenvalue weighted by Crippen LogP contribution is -2.41. The van der Waals surface area contributed by atoms with Crippen molar-refractivity contribution in [3.63, 3.8) is 0 Å². The third-order valence-electron chi connectivity index (χ3n) is 4.08. The van der Waals surface area contributed by atoms with E-state index >= 15 is 0 Å². The van der Waals surface area contributed by atoms with Crippen molar-refractivity contribution >= 4 is 11.8 Å². The first-order valence-corrected chi connectivity index (χ1v) is 8.45. The van der Waals surface area contributed by atoms with Crippen molar-refractivity contribution in [1.82, 2.24) is 16.0 Å². The molecule has 3 rings (SSSR count). The van der Waals surface area contributed by atoms with Crippen molar-refractivity contribution in [2.45, 2.75) is 20.5 Å². The Morgan fingerprint density at radius 3 is 2.39 bits per heavy atom. The second-order valence-electron chi connectivity index (χ2n) is 6.00. The molecule has 0 bridgehead atoms. The molecule has 1 heterocycles. The normalized spacial score (nSPS) is 10.4. The van der Waals surface area contributed by atoms with Crippen molar-refractivity contribution in [2.24, 2.45) is 0 Å².